The highest BCUT2D eigenvalue weighted by molar-refractivity contribution is 5.94. The average molecular weight is 640 g/mol. The first-order valence-corrected chi connectivity index (χ1v) is 17.4. The molecule has 0 saturated carbocycles. The predicted octanol–water partition coefficient (Wildman–Crippen LogP) is 13.6. The maximum Gasteiger partial charge on any atom is 0.0546 e. The van der Waals surface area contributed by atoms with Crippen LogP contribution in [0.1, 0.15) is 25.0 Å². The van der Waals surface area contributed by atoms with Gasteiger partial charge in [-0.15, -0.1) is 0 Å². The second kappa shape index (κ2) is 12.1. The van der Waals surface area contributed by atoms with Gasteiger partial charge < -0.3 is 4.90 Å². The van der Waals surface area contributed by atoms with Crippen molar-refractivity contribution in [1.29, 1.82) is 0 Å². The summed E-state index contributed by atoms with van der Waals surface area (Å²) in [7, 11) is 0. The van der Waals surface area contributed by atoms with Gasteiger partial charge in [0.25, 0.3) is 0 Å². The van der Waals surface area contributed by atoms with Crippen LogP contribution in [0.4, 0.5) is 17.1 Å². The number of nitrogens with zero attached hydrogens (tertiary/aromatic N) is 1. The number of rotatable bonds is 6. The van der Waals surface area contributed by atoms with E-state index in [0.717, 1.165) is 17.1 Å². The summed E-state index contributed by atoms with van der Waals surface area (Å²) in [5.74, 6) is 0. The summed E-state index contributed by atoms with van der Waals surface area (Å²) in [6.45, 7) is 4.71. The van der Waals surface area contributed by atoms with E-state index in [2.05, 4.69) is 207 Å². The molecule has 0 heterocycles. The van der Waals surface area contributed by atoms with Crippen LogP contribution in [0, 0.1) is 0 Å². The van der Waals surface area contributed by atoms with E-state index in [1.165, 1.54) is 66.4 Å². The van der Waals surface area contributed by atoms with Gasteiger partial charge in [0, 0.05) is 22.4 Å². The van der Waals surface area contributed by atoms with Crippen LogP contribution in [-0.2, 0) is 5.41 Å². The summed E-state index contributed by atoms with van der Waals surface area (Å²) in [6.07, 6.45) is 0. The second-order valence-electron chi connectivity index (χ2n) is 13.8. The van der Waals surface area contributed by atoms with Crippen molar-refractivity contribution in [3.63, 3.8) is 0 Å². The minimum absolute atomic E-state index is 0.111. The molecular weight excluding hydrogens is 603 g/mol. The third kappa shape index (κ3) is 5.11. The number of hydrogen-bond acceptors (Lipinski definition) is 1. The van der Waals surface area contributed by atoms with Crippen molar-refractivity contribution in [2.45, 2.75) is 19.3 Å². The van der Waals surface area contributed by atoms with Gasteiger partial charge in [-0.2, -0.15) is 0 Å². The molecule has 1 aliphatic carbocycles. The van der Waals surface area contributed by atoms with E-state index < -0.39 is 0 Å². The van der Waals surface area contributed by atoms with Gasteiger partial charge in [-0.3, -0.25) is 0 Å². The third-order valence-corrected chi connectivity index (χ3v) is 10.5. The van der Waals surface area contributed by atoms with Crippen molar-refractivity contribution in [2.75, 3.05) is 4.90 Å². The Hall–Kier alpha value is -6.18. The Labute approximate surface area is 294 Å². The van der Waals surface area contributed by atoms with Crippen molar-refractivity contribution < 1.29 is 0 Å². The number of fused-ring (bicyclic) bond motifs is 4. The molecule has 9 rings (SSSR count). The fourth-order valence-corrected chi connectivity index (χ4v) is 7.82. The molecule has 1 nitrogen and oxygen atoms in total. The molecule has 0 aliphatic heterocycles. The Kier molecular flexibility index (Phi) is 7.21. The lowest BCUT2D eigenvalue weighted by Gasteiger charge is -2.30. The Morgan fingerprint density at radius 1 is 0.340 bits per heavy atom. The van der Waals surface area contributed by atoms with Gasteiger partial charge in [0.2, 0.25) is 0 Å². The van der Waals surface area contributed by atoms with Crippen LogP contribution in [0.25, 0.3) is 55.3 Å². The van der Waals surface area contributed by atoms with Crippen LogP contribution in [0.15, 0.2) is 188 Å². The summed E-state index contributed by atoms with van der Waals surface area (Å²) in [5, 5.41) is 2.49. The molecule has 0 bridgehead atoms. The summed E-state index contributed by atoms with van der Waals surface area (Å²) in [4.78, 5) is 2.46. The monoisotopic (exact) mass is 639 g/mol. The van der Waals surface area contributed by atoms with Crippen LogP contribution >= 0.6 is 0 Å². The van der Waals surface area contributed by atoms with Gasteiger partial charge >= 0.3 is 0 Å². The Morgan fingerprint density at radius 2 is 0.880 bits per heavy atom. The highest BCUT2D eigenvalue weighted by atomic mass is 15.1. The predicted molar refractivity (Wildman–Crippen MR) is 213 cm³/mol. The quantitative estimate of drug-likeness (QED) is 0.175. The number of anilines is 3. The van der Waals surface area contributed by atoms with Gasteiger partial charge in [0.05, 0.1) is 5.69 Å². The fraction of sp³-hybridized carbons (Fsp3) is 0.0612. The van der Waals surface area contributed by atoms with Crippen LogP contribution in [0.3, 0.4) is 0 Å². The summed E-state index contributed by atoms with van der Waals surface area (Å²) < 4.78 is 0. The largest absolute Gasteiger partial charge is 0.310 e. The lowest BCUT2D eigenvalue weighted by atomic mass is 9.82. The first kappa shape index (κ1) is 29.9. The van der Waals surface area contributed by atoms with E-state index >= 15 is 0 Å². The highest BCUT2D eigenvalue weighted by Crippen LogP contribution is 2.51. The van der Waals surface area contributed by atoms with E-state index in [4.69, 9.17) is 0 Å². The van der Waals surface area contributed by atoms with Gasteiger partial charge in [0.1, 0.15) is 0 Å². The summed E-state index contributed by atoms with van der Waals surface area (Å²) >= 11 is 0. The topological polar surface area (TPSA) is 3.24 Å². The lowest BCUT2D eigenvalue weighted by molar-refractivity contribution is 0.660. The highest BCUT2D eigenvalue weighted by Gasteiger charge is 2.36. The first-order valence-electron chi connectivity index (χ1n) is 17.4. The summed E-state index contributed by atoms with van der Waals surface area (Å²) in [6, 6.07) is 68.7. The lowest BCUT2D eigenvalue weighted by Crippen LogP contribution is -2.17. The average Bonchev–Trinajstić information content (AvgIpc) is 3.41. The zero-order valence-electron chi connectivity index (χ0n) is 28.3. The van der Waals surface area contributed by atoms with Gasteiger partial charge in [-0.1, -0.05) is 166 Å². The molecule has 0 aromatic heterocycles. The minimum Gasteiger partial charge on any atom is -0.310 e. The molecule has 0 amide bonds. The molecular formula is C49H37N. The van der Waals surface area contributed by atoms with Crippen molar-refractivity contribution in [2.24, 2.45) is 0 Å². The fourth-order valence-electron chi connectivity index (χ4n) is 7.82. The van der Waals surface area contributed by atoms with Crippen molar-refractivity contribution in [1.82, 2.24) is 0 Å². The molecule has 1 aliphatic rings. The minimum atomic E-state index is -0.111. The Bertz CT molecular complexity index is 2490. The van der Waals surface area contributed by atoms with E-state index in [0.29, 0.717) is 0 Å². The van der Waals surface area contributed by atoms with E-state index in [9.17, 15) is 0 Å². The molecule has 0 N–H and O–H groups in total. The SMILES string of the molecule is CC1(C)c2ccccc2-c2ccc(N(c3ccc(-c4ccccc4)cc3)c3cc(-c4ccc5ccccc5c4)ccc3-c3ccccc3)cc21. The Morgan fingerprint density at radius 3 is 1.66 bits per heavy atom. The van der Waals surface area contributed by atoms with Gasteiger partial charge in [-0.05, 0) is 97.2 Å². The molecule has 8 aromatic carbocycles. The molecule has 0 unspecified atom stereocenters. The molecule has 0 saturated heterocycles. The smallest absolute Gasteiger partial charge is 0.0546 e. The maximum atomic E-state index is 2.46. The van der Waals surface area contributed by atoms with Crippen molar-refractivity contribution in [3.05, 3.63) is 199 Å². The normalized spacial score (nSPS) is 12.8. The van der Waals surface area contributed by atoms with E-state index in [1.54, 1.807) is 0 Å². The van der Waals surface area contributed by atoms with E-state index in [1.807, 2.05) is 0 Å². The summed E-state index contributed by atoms with van der Waals surface area (Å²) in [5.41, 5.74) is 15.9. The standard InChI is InChI=1S/C49H37N/c1-49(2)46-20-12-11-19-44(46)45-30-28-42(33-47(45)49)50(41-26-23-36(24-27-41)34-13-5-3-6-14-34)48-32-40(25-29-43(48)37-16-7-4-8-17-37)39-22-21-35-15-9-10-18-38(35)31-39/h3-33H,1-2H3. The second-order valence-corrected chi connectivity index (χ2v) is 13.8. The zero-order chi connectivity index (χ0) is 33.7. The molecule has 1 heteroatoms. The van der Waals surface area contributed by atoms with Gasteiger partial charge in [0.15, 0.2) is 0 Å². The van der Waals surface area contributed by atoms with Crippen LogP contribution in [0.2, 0.25) is 0 Å². The number of benzene rings is 8. The maximum absolute atomic E-state index is 2.46. The third-order valence-electron chi connectivity index (χ3n) is 10.5. The Balaban J connectivity index is 1.27. The molecule has 0 radical (unpaired) electrons. The molecule has 238 valence electrons. The zero-order valence-corrected chi connectivity index (χ0v) is 28.3. The van der Waals surface area contributed by atoms with Crippen LogP contribution < -0.4 is 4.90 Å². The molecule has 0 fully saturated rings. The van der Waals surface area contributed by atoms with Crippen molar-refractivity contribution in [3.8, 4) is 44.5 Å². The molecule has 0 atom stereocenters. The van der Waals surface area contributed by atoms with Crippen molar-refractivity contribution >= 4 is 27.8 Å². The molecule has 8 aromatic rings. The number of hydrogen-bond donors (Lipinski definition) is 0. The van der Waals surface area contributed by atoms with Crippen LogP contribution in [0.5, 0.6) is 0 Å². The molecule has 50 heavy (non-hydrogen) atoms. The molecule has 0 spiro atoms. The van der Waals surface area contributed by atoms with Crippen LogP contribution in [-0.4, -0.2) is 0 Å². The van der Waals surface area contributed by atoms with Gasteiger partial charge in [-0.25, -0.2) is 0 Å². The first-order chi connectivity index (χ1) is 24.5. The van der Waals surface area contributed by atoms with E-state index in [-0.39, 0.29) is 5.41 Å².